The number of carbonyl (C=O) groups excluding carboxylic acids is 1. The Balaban J connectivity index is 0. The SMILES string of the molecule is C=CC(F)(F)F.O=C(O)O.O=C1OCC(C(F)C(F)(F)C(F)F)O1. The summed E-state index contributed by atoms with van der Waals surface area (Å²) in [6.07, 6.45) is -16.8. The van der Waals surface area contributed by atoms with Crippen LogP contribution in [0.4, 0.5) is 44.7 Å². The van der Waals surface area contributed by atoms with E-state index in [1.807, 2.05) is 0 Å². The van der Waals surface area contributed by atoms with Crippen molar-refractivity contribution in [2.45, 2.75) is 30.8 Å². The Morgan fingerprint density at radius 3 is 1.79 bits per heavy atom. The van der Waals surface area contributed by atoms with E-state index in [-0.39, 0.29) is 6.08 Å². The lowest BCUT2D eigenvalue weighted by Gasteiger charge is -2.21. The smallest absolute Gasteiger partial charge is 0.450 e. The summed E-state index contributed by atoms with van der Waals surface area (Å²) < 4.78 is 101. The number of ether oxygens (including phenoxy) is 2. The number of halogens is 8. The van der Waals surface area contributed by atoms with E-state index < -0.39 is 49.7 Å². The van der Waals surface area contributed by atoms with Crippen LogP contribution in [0.25, 0.3) is 0 Å². The van der Waals surface area contributed by atoms with Crippen molar-refractivity contribution >= 4 is 12.3 Å². The van der Waals surface area contributed by atoms with Gasteiger partial charge in [0.1, 0.15) is 6.61 Å². The lowest BCUT2D eigenvalue weighted by atomic mass is 10.1. The number of hydrogen-bond acceptors (Lipinski definition) is 4. The third kappa shape index (κ3) is 10.4. The zero-order valence-electron chi connectivity index (χ0n) is 11.3. The third-order valence-electron chi connectivity index (χ3n) is 1.83. The van der Waals surface area contributed by atoms with Gasteiger partial charge in [-0.15, -0.1) is 0 Å². The molecule has 142 valence electrons. The minimum Gasteiger partial charge on any atom is -0.450 e. The molecule has 1 heterocycles. The summed E-state index contributed by atoms with van der Waals surface area (Å²) in [5, 5.41) is 13.9. The van der Waals surface area contributed by atoms with Crippen LogP contribution in [0.1, 0.15) is 0 Å². The molecule has 2 N–H and O–H groups in total. The van der Waals surface area contributed by atoms with E-state index in [0.717, 1.165) is 0 Å². The maximum atomic E-state index is 12.7. The lowest BCUT2D eigenvalue weighted by molar-refractivity contribution is -0.189. The molecule has 14 heteroatoms. The van der Waals surface area contributed by atoms with Crippen LogP contribution in [-0.4, -0.2) is 59.9 Å². The van der Waals surface area contributed by atoms with Crippen LogP contribution in [0.15, 0.2) is 12.7 Å². The number of cyclic esters (lactones) is 2. The van der Waals surface area contributed by atoms with Crippen molar-refractivity contribution in [1.29, 1.82) is 0 Å². The molecule has 1 saturated heterocycles. The highest BCUT2D eigenvalue weighted by atomic mass is 19.4. The molecule has 24 heavy (non-hydrogen) atoms. The summed E-state index contributed by atoms with van der Waals surface area (Å²) in [4.78, 5) is 18.8. The highest BCUT2D eigenvalue weighted by Gasteiger charge is 2.55. The van der Waals surface area contributed by atoms with Gasteiger partial charge in [0, 0.05) is 6.08 Å². The summed E-state index contributed by atoms with van der Waals surface area (Å²) in [6, 6.07) is 0. The fourth-order valence-electron chi connectivity index (χ4n) is 0.854. The van der Waals surface area contributed by atoms with Crippen molar-refractivity contribution in [3.63, 3.8) is 0 Å². The van der Waals surface area contributed by atoms with Gasteiger partial charge in [-0.3, -0.25) is 0 Å². The highest BCUT2D eigenvalue weighted by molar-refractivity contribution is 5.62. The molecule has 2 unspecified atom stereocenters. The Hall–Kier alpha value is -2.28. The summed E-state index contributed by atoms with van der Waals surface area (Å²) in [6.45, 7) is 1.72. The average molecular weight is 378 g/mol. The second-order valence-corrected chi connectivity index (χ2v) is 3.62. The van der Waals surface area contributed by atoms with E-state index >= 15 is 0 Å². The quantitative estimate of drug-likeness (QED) is 0.442. The number of alkyl halides is 8. The Kier molecular flexibility index (Phi) is 9.76. The van der Waals surface area contributed by atoms with Gasteiger partial charge in [-0.25, -0.2) is 22.8 Å². The number of hydrogen-bond donors (Lipinski definition) is 2. The molecule has 0 aromatic carbocycles. The van der Waals surface area contributed by atoms with E-state index in [4.69, 9.17) is 15.0 Å². The number of rotatable bonds is 3. The van der Waals surface area contributed by atoms with Gasteiger partial charge in [0.25, 0.3) is 0 Å². The molecular formula is C10H10F8O6. The monoisotopic (exact) mass is 378 g/mol. The minimum absolute atomic E-state index is 0.0625. The van der Waals surface area contributed by atoms with Crippen LogP contribution < -0.4 is 0 Å². The zero-order valence-corrected chi connectivity index (χ0v) is 11.3. The molecule has 0 aliphatic carbocycles. The number of carbonyl (C=O) groups is 2. The Bertz CT molecular complexity index is 420. The largest absolute Gasteiger partial charge is 0.508 e. The van der Waals surface area contributed by atoms with Crippen molar-refractivity contribution in [2.24, 2.45) is 0 Å². The maximum absolute atomic E-state index is 12.7. The summed E-state index contributed by atoms with van der Waals surface area (Å²) in [7, 11) is 0. The van der Waals surface area contributed by atoms with Crippen molar-refractivity contribution in [3.8, 4) is 0 Å². The number of carboxylic acid groups (broad SMARTS) is 2. The molecule has 0 radical (unpaired) electrons. The third-order valence-corrected chi connectivity index (χ3v) is 1.83. The fraction of sp³-hybridized carbons (Fsp3) is 0.600. The first-order chi connectivity index (χ1) is 10.6. The molecule has 1 rings (SSSR count). The second-order valence-electron chi connectivity index (χ2n) is 3.62. The van der Waals surface area contributed by atoms with E-state index in [9.17, 15) is 39.9 Å². The predicted octanol–water partition coefficient (Wildman–Crippen LogP) is 3.72. The molecule has 0 aromatic heterocycles. The molecule has 1 aliphatic heterocycles. The molecule has 0 spiro atoms. The molecule has 0 bridgehead atoms. The molecule has 1 fully saturated rings. The predicted molar refractivity (Wildman–Crippen MR) is 59.0 cm³/mol. The standard InChI is InChI=1S/C6H5F5O3.C3H3F3.CH2O3/c7-3(6(10,11)4(8)9)2-1-13-5(12)14-2;1-2-3(4,5)6;2-1(3)4/h2-4H,1H2;2H,1H2;(H2,2,3,4). The molecule has 6 nitrogen and oxygen atoms in total. The minimum atomic E-state index is -4.85. The van der Waals surface area contributed by atoms with Crippen LogP contribution >= 0.6 is 0 Å². The van der Waals surface area contributed by atoms with Crippen LogP contribution in [0.5, 0.6) is 0 Å². The van der Waals surface area contributed by atoms with Crippen LogP contribution in [-0.2, 0) is 9.47 Å². The van der Waals surface area contributed by atoms with Crippen molar-refractivity contribution < 1.29 is 64.4 Å². The molecule has 1 aliphatic rings. The summed E-state index contributed by atoms with van der Waals surface area (Å²) >= 11 is 0. The van der Waals surface area contributed by atoms with Crippen molar-refractivity contribution in [2.75, 3.05) is 6.61 Å². The molecule has 0 amide bonds. The van der Waals surface area contributed by atoms with Gasteiger partial charge in [-0.2, -0.15) is 22.0 Å². The first kappa shape index (κ1) is 24.0. The van der Waals surface area contributed by atoms with Crippen LogP contribution in [0.2, 0.25) is 0 Å². The number of allylic oxidation sites excluding steroid dienone is 1. The summed E-state index contributed by atoms with van der Waals surface area (Å²) in [5.74, 6) is -4.85. The Labute approximate surface area is 128 Å². The van der Waals surface area contributed by atoms with E-state index in [1.165, 1.54) is 0 Å². The van der Waals surface area contributed by atoms with Gasteiger partial charge < -0.3 is 19.7 Å². The van der Waals surface area contributed by atoms with Crippen molar-refractivity contribution in [3.05, 3.63) is 12.7 Å². The Morgan fingerprint density at radius 2 is 1.58 bits per heavy atom. The van der Waals surface area contributed by atoms with E-state index in [2.05, 4.69) is 16.1 Å². The normalized spacial score (nSPS) is 18.2. The van der Waals surface area contributed by atoms with E-state index in [1.54, 1.807) is 0 Å². The summed E-state index contributed by atoms with van der Waals surface area (Å²) in [5.41, 5.74) is 0. The average Bonchev–Trinajstić information content (AvgIpc) is 2.83. The molecule has 0 saturated carbocycles. The van der Waals surface area contributed by atoms with Crippen molar-refractivity contribution in [1.82, 2.24) is 0 Å². The van der Waals surface area contributed by atoms with Gasteiger partial charge in [-0.05, 0) is 0 Å². The molecule has 0 aromatic rings. The second kappa shape index (κ2) is 9.77. The first-order valence-electron chi connectivity index (χ1n) is 5.40. The van der Waals surface area contributed by atoms with Gasteiger partial charge in [0.05, 0.1) is 0 Å². The molecular weight excluding hydrogens is 368 g/mol. The topological polar surface area (TPSA) is 93.1 Å². The Morgan fingerprint density at radius 1 is 1.21 bits per heavy atom. The van der Waals surface area contributed by atoms with Crippen LogP contribution in [0, 0.1) is 0 Å². The maximum Gasteiger partial charge on any atom is 0.508 e. The van der Waals surface area contributed by atoms with Gasteiger partial charge in [0.2, 0.25) is 6.17 Å². The van der Waals surface area contributed by atoms with Crippen LogP contribution in [0.3, 0.4) is 0 Å². The fourth-order valence-corrected chi connectivity index (χ4v) is 0.854. The van der Waals surface area contributed by atoms with Gasteiger partial charge in [-0.1, -0.05) is 6.58 Å². The lowest BCUT2D eigenvalue weighted by Crippen LogP contribution is -2.45. The first-order valence-corrected chi connectivity index (χ1v) is 5.40. The van der Waals surface area contributed by atoms with Gasteiger partial charge in [0.15, 0.2) is 6.10 Å². The highest BCUT2D eigenvalue weighted by Crippen LogP contribution is 2.33. The zero-order chi connectivity index (χ0) is 19.7. The molecule has 2 atom stereocenters. The van der Waals surface area contributed by atoms with E-state index in [0.29, 0.717) is 0 Å². The van der Waals surface area contributed by atoms with Gasteiger partial charge >= 0.3 is 30.8 Å².